The maximum absolute atomic E-state index is 11.7. The number of hydrogen-bond acceptors (Lipinski definition) is 3. The monoisotopic (exact) mass is 415 g/mol. The second-order valence-electron chi connectivity index (χ2n) is 5.16. The number of urea groups is 1. The Hall–Kier alpha value is -2.15. The van der Waals surface area contributed by atoms with Crippen LogP contribution in [-0.4, -0.2) is 18.5 Å². The molecule has 0 atom stereocenters. The molecule has 0 unspecified atom stereocenters. The maximum atomic E-state index is 11.7. The van der Waals surface area contributed by atoms with Crippen LogP contribution in [0.5, 0.6) is 5.75 Å². The second-order valence-corrected chi connectivity index (χ2v) is 6.44. The van der Waals surface area contributed by atoms with Crippen LogP contribution in [0.1, 0.15) is 12.8 Å². The molecule has 0 spiro atoms. The third-order valence-electron chi connectivity index (χ3n) is 3.12. The molecule has 0 aliphatic rings. The number of carbonyl (C=O) groups is 2. The maximum Gasteiger partial charge on any atom is 0.337 e. The summed E-state index contributed by atoms with van der Waals surface area (Å²) in [5.74, 6) is 0.152. The van der Waals surface area contributed by atoms with Gasteiger partial charge in [0.15, 0.2) is 0 Å². The molecule has 0 aliphatic carbocycles. The van der Waals surface area contributed by atoms with E-state index in [4.69, 9.17) is 39.5 Å². The Morgan fingerprint density at radius 2 is 1.62 bits per heavy atom. The van der Waals surface area contributed by atoms with Crippen LogP contribution < -0.4 is 20.9 Å². The number of benzene rings is 2. The Morgan fingerprint density at radius 1 is 0.923 bits per heavy atom. The summed E-state index contributed by atoms with van der Waals surface area (Å²) in [4.78, 5) is 23.4. The van der Waals surface area contributed by atoms with Crippen molar-refractivity contribution in [3.8, 4) is 5.75 Å². The van der Waals surface area contributed by atoms with Crippen molar-refractivity contribution in [1.82, 2.24) is 10.9 Å². The van der Waals surface area contributed by atoms with E-state index in [9.17, 15) is 9.59 Å². The number of anilines is 1. The van der Waals surface area contributed by atoms with Crippen LogP contribution in [0.15, 0.2) is 42.5 Å². The summed E-state index contributed by atoms with van der Waals surface area (Å²) in [7, 11) is 0. The lowest BCUT2D eigenvalue weighted by Crippen LogP contribution is -2.43. The third-order valence-corrected chi connectivity index (χ3v) is 3.90. The first kappa shape index (κ1) is 20.2. The molecule has 0 saturated carbocycles. The summed E-state index contributed by atoms with van der Waals surface area (Å²) >= 11 is 17.5. The van der Waals surface area contributed by atoms with Crippen molar-refractivity contribution in [3.05, 3.63) is 57.5 Å². The van der Waals surface area contributed by atoms with Gasteiger partial charge in [0, 0.05) is 22.2 Å². The van der Waals surface area contributed by atoms with Gasteiger partial charge in [0.25, 0.3) is 0 Å². The fraction of sp³-hybridized carbons (Fsp3) is 0.176. The zero-order chi connectivity index (χ0) is 18.9. The minimum Gasteiger partial charge on any atom is -0.492 e. The van der Waals surface area contributed by atoms with Gasteiger partial charge in [-0.3, -0.25) is 10.2 Å². The van der Waals surface area contributed by atoms with E-state index in [1.165, 1.54) is 0 Å². The van der Waals surface area contributed by atoms with Crippen molar-refractivity contribution >= 4 is 52.4 Å². The van der Waals surface area contributed by atoms with E-state index in [-0.39, 0.29) is 12.3 Å². The molecule has 0 fully saturated rings. The van der Waals surface area contributed by atoms with E-state index >= 15 is 0 Å². The first-order chi connectivity index (χ1) is 12.4. The first-order valence-electron chi connectivity index (χ1n) is 7.63. The van der Waals surface area contributed by atoms with Gasteiger partial charge in [-0.05, 0) is 48.9 Å². The minimum absolute atomic E-state index is 0.173. The van der Waals surface area contributed by atoms with Gasteiger partial charge < -0.3 is 10.1 Å². The molecule has 0 heterocycles. The van der Waals surface area contributed by atoms with Crippen molar-refractivity contribution in [1.29, 1.82) is 0 Å². The molecule has 2 aromatic rings. The second kappa shape index (κ2) is 10.1. The zero-order valence-corrected chi connectivity index (χ0v) is 15.8. The molecule has 26 heavy (non-hydrogen) atoms. The highest BCUT2D eigenvalue weighted by Crippen LogP contribution is 2.27. The number of amides is 3. The van der Waals surface area contributed by atoms with Crippen LogP contribution >= 0.6 is 34.8 Å². The lowest BCUT2D eigenvalue weighted by Gasteiger charge is -2.10. The Labute approximate surface area is 165 Å². The van der Waals surface area contributed by atoms with Gasteiger partial charge in [-0.1, -0.05) is 34.8 Å². The molecule has 0 aromatic heterocycles. The van der Waals surface area contributed by atoms with Gasteiger partial charge in [-0.15, -0.1) is 0 Å². The number of ether oxygens (including phenoxy) is 1. The van der Waals surface area contributed by atoms with Gasteiger partial charge in [0.05, 0.1) is 11.6 Å². The van der Waals surface area contributed by atoms with Gasteiger partial charge >= 0.3 is 6.03 Å². The summed E-state index contributed by atoms with van der Waals surface area (Å²) in [5.41, 5.74) is 5.12. The Kier molecular flexibility index (Phi) is 7.84. The van der Waals surface area contributed by atoms with Crippen LogP contribution in [0.2, 0.25) is 15.1 Å². The van der Waals surface area contributed by atoms with Crippen molar-refractivity contribution in [3.63, 3.8) is 0 Å². The quantitative estimate of drug-likeness (QED) is 0.473. The standard InChI is InChI=1S/C17H16Cl3N3O3/c18-11-3-6-13(7-4-11)21-17(25)23-22-16(24)2-1-9-26-15-8-5-12(19)10-14(15)20/h3-8,10H,1-2,9H2,(H,22,24)(H2,21,23,25). The van der Waals surface area contributed by atoms with Crippen molar-refractivity contribution in [2.24, 2.45) is 0 Å². The van der Waals surface area contributed by atoms with Crippen LogP contribution in [0.25, 0.3) is 0 Å². The topological polar surface area (TPSA) is 79.5 Å². The number of hydrazine groups is 1. The molecule has 6 nitrogen and oxygen atoms in total. The fourth-order valence-corrected chi connectivity index (χ4v) is 2.48. The zero-order valence-electron chi connectivity index (χ0n) is 13.5. The summed E-state index contributed by atoms with van der Waals surface area (Å²) in [6, 6.07) is 10.9. The lowest BCUT2D eigenvalue weighted by molar-refractivity contribution is -0.122. The molecule has 0 radical (unpaired) electrons. The SMILES string of the molecule is O=C(CCCOc1ccc(Cl)cc1Cl)NNC(=O)Nc1ccc(Cl)cc1. The molecule has 0 aliphatic heterocycles. The molecule has 2 rings (SSSR count). The predicted octanol–water partition coefficient (Wildman–Crippen LogP) is 4.66. The highest BCUT2D eigenvalue weighted by molar-refractivity contribution is 6.35. The summed E-state index contributed by atoms with van der Waals surface area (Å²) in [6.45, 7) is 0.297. The highest BCUT2D eigenvalue weighted by Gasteiger charge is 2.06. The van der Waals surface area contributed by atoms with Crippen molar-refractivity contribution < 1.29 is 14.3 Å². The van der Waals surface area contributed by atoms with E-state index in [2.05, 4.69) is 16.2 Å². The molecule has 0 bridgehead atoms. The number of hydrogen-bond donors (Lipinski definition) is 3. The predicted molar refractivity (Wildman–Crippen MR) is 103 cm³/mol. The molecule has 0 saturated heterocycles. The summed E-state index contributed by atoms with van der Waals surface area (Å²) < 4.78 is 5.48. The van der Waals surface area contributed by atoms with E-state index in [1.807, 2.05) is 0 Å². The highest BCUT2D eigenvalue weighted by atomic mass is 35.5. The van der Waals surface area contributed by atoms with E-state index < -0.39 is 6.03 Å². The summed E-state index contributed by atoms with van der Waals surface area (Å²) in [6.07, 6.45) is 0.623. The average Bonchev–Trinajstić information content (AvgIpc) is 2.60. The molecule has 9 heteroatoms. The van der Waals surface area contributed by atoms with Gasteiger partial charge in [-0.25, -0.2) is 10.2 Å². The molecule has 2 aromatic carbocycles. The molecule has 3 N–H and O–H groups in total. The Morgan fingerprint density at radius 3 is 2.31 bits per heavy atom. The molecular weight excluding hydrogens is 401 g/mol. The van der Waals surface area contributed by atoms with E-state index in [0.717, 1.165) is 0 Å². The largest absolute Gasteiger partial charge is 0.492 e. The molecule has 138 valence electrons. The fourth-order valence-electron chi connectivity index (χ4n) is 1.89. The van der Waals surface area contributed by atoms with Gasteiger partial charge in [-0.2, -0.15) is 0 Å². The lowest BCUT2D eigenvalue weighted by atomic mass is 10.3. The van der Waals surface area contributed by atoms with E-state index in [0.29, 0.717) is 39.5 Å². The van der Waals surface area contributed by atoms with Crippen molar-refractivity contribution in [2.45, 2.75) is 12.8 Å². The average molecular weight is 417 g/mol. The number of halogens is 3. The van der Waals surface area contributed by atoms with Crippen LogP contribution in [-0.2, 0) is 4.79 Å². The third kappa shape index (κ3) is 7.00. The normalized spacial score (nSPS) is 10.1. The Balaban J connectivity index is 1.62. The smallest absolute Gasteiger partial charge is 0.337 e. The first-order valence-corrected chi connectivity index (χ1v) is 8.76. The number of carbonyl (C=O) groups excluding carboxylic acids is 2. The van der Waals surface area contributed by atoms with E-state index in [1.54, 1.807) is 42.5 Å². The molecular formula is C17H16Cl3N3O3. The van der Waals surface area contributed by atoms with Crippen LogP contribution in [0, 0.1) is 0 Å². The minimum atomic E-state index is -0.565. The Bertz CT molecular complexity index is 770. The van der Waals surface area contributed by atoms with Gasteiger partial charge in [0.2, 0.25) is 5.91 Å². The van der Waals surface area contributed by atoms with Gasteiger partial charge in [0.1, 0.15) is 5.75 Å². The summed E-state index contributed by atoms with van der Waals surface area (Å²) in [5, 5.41) is 4.04. The molecule has 3 amide bonds. The van der Waals surface area contributed by atoms with Crippen molar-refractivity contribution in [2.75, 3.05) is 11.9 Å². The number of nitrogens with one attached hydrogen (secondary N) is 3. The van der Waals surface area contributed by atoms with Crippen LogP contribution in [0.3, 0.4) is 0 Å². The number of rotatable bonds is 6. The van der Waals surface area contributed by atoms with Crippen LogP contribution in [0.4, 0.5) is 10.5 Å².